The second kappa shape index (κ2) is 5.39. The molecule has 0 fully saturated rings. The Morgan fingerprint density at radius 1 is 1.41 bits per heavy atom. The summed E-state index contributed by atoms with van der Waals surface area (Å²) >= 11 is 3.51. The Morgan fingerprint density at radius 2 is 2.18 bits per heavy atom. The van der Waals surface area contributed by atoms with Crippen LogP contribution in [-0.4, -0.2) is 26.9 Å². The summed E-state index contributed by atoms with van der Waals surface area (Å²) in [6.07, 6.45) is 0.0622. The molecule has 0 aliphatic carbocycles. The lowest BCUT2D eigenvalue weighted by Crippen LogP contribution is -2.34. The minimum atomic E-state index is -0.259. The normalized spacial score (nSPS) is 20.9. The second-order valence-corrected chi connectivity index (χ2v) is 4.69. The van der Waals surface area contributed by atoms with Crippen LogP contribution in [0.2, 0.25) is 0 Å². The predicted octanol–water partition coefficient (Wildman–Crippen LogP) is 1.05. The van der Waals surface area contributed by atoms with Crippen molar-refractivity contribution < 1.29 is 14.0 Å². The molecule has 6 heteroatoms. The van der Waals surface area contributed by atoms with Crippen LogP contribution >= 0.6 is 15.9 Å². The van der Waals surface area contributed by atoms with Crippen LogP contribution in [-0.2, 0) is 15.9 Å². The minimum absolute atomic E-state index is 0.0622. The highest BCUT2D eigenvalue weighted by molar-refractivity contribution is 9.10. The second-order valence-electron chi connectivity index (χ2n) is 3.84. The van der Waals surface area contributed by atoms with Crippen LogP contribution in [0.15, 0.2) is 16.6 Å². The van der Waals surface area contributed by atoms with Gasteiger partial charge in [-0.2, -0.15) is 0 Å². The van der Waals surface area contributed by atoms with Crippen molar-refractivity contribution in [2.75, 3.05) is 13.7 Å². The standard InChI is InChI=1S/C10H10BBrO3.CH5N/c1-6-4-13-9-3-2-8(12)7-5-14-11(15-6)10(7)9;1-2/h2-3,6H,4-5H2,1H3;2H2,1H3. The highest BCUT2D eigenvalue weighted by Crippen LogP contribution is 2.28. The number of hydrogen-bond acceptors (Lipinski definition) is 4. The summed E-state index contributed by atoms with van der Waals surface area (Å²) in [5, 5.41) is 0. The van der Waals surface area contributed by atoms with Gasteiger partial charge in [0, 0.05) is 9.94 Å². The third-order valence-electron chi connectivity index (χ3n) is 2.70. The van der Waals surface area contributed by atoms with Crippen LogP contribution in [0.3, 0.4) is 0 Å². The van der Waals surface area contributed by atoms with Crippen molar-refractivity contribution in [2.45, 2.75) is 19.6 Å². The summed E-state index contributed by atoms with van der Waals surface area (Å²) in [6, 6.07) is 3.96. The van der Waals surface area contributed by atoms with Crippen molar-refractivity contribution in [3.63, 3.8) is 0 Å². The number of ether oxygens (including phenoxy) is 1. The van der Waals surface area contributed by atoms with Crippen LogP contribution < -0.4 is 15.9 Å². The fourth-order valence-electron chi connectivity index (χ4n) is 1.95. The fourth-order valence-corrected chi connectivity index (χ4v) is 2.41. The van der Waals surface area contributed by atoms with Gasteiger partial charge >= 0.3 is 7.12 Å². The predicted molar refractivity (Wildman–Crippen MR) is 70.5 cm³/mol. The Labute approximate surface area is 110 Å². The molecule has 4 nitrogen and oxygen atoms in total. The molecule has 0 spiro atoms. The molecule has 0 aromatic heterocycles. The monoisotopic (exact) mass is 299 g/mol. The van der Waals surface area contributed by atoms with Gasteiger partial charge in [0.25, 0.3) is 0 Å². The van der Waals surface area contributed by atoms with E-state index in [1.807, 2.05) is 19.1 Å². The molecule has 1 atom stereocenters. The number of rotatable bonds is 0. The van der Waals surface area contributed by atoms with Gasteiger partial charge in [0.05, 0.1) is 12.7 Å². The van der Waals surface area contributed by atoms with Gasteiger partial charge in [-0.25, -0.2) is 0 Å². The van der Waals surface area contributed by atoms with Crippen molar-refractivity contribution >= 4 is 28.5 Å². The van der Waals surface area contributed by atoms with E-state index in [0.717, 1.165) is 21.2 Å². The lowest BCUT2D eigenvalue weighted by atomic mass is 9.78. The highest BCUT2D eigenvalue weighted by Gasteiger charge is 2.38. The quantitative estimate of drug-likeness (QED) is 0.728. The van der Waals surface area contributed by atoms with E-state index in [4.69, 9.17) is 14.0 Å². The van der Waals surface area contributed by atoms with Crippen LogP contribution in [0.5, 0.6) is 5.75 Å². The third kappa shape index (κ3) is 2.35. The molecule has 2 aliphatic heterocycles. The minimum Gasteiger partial charge on any atom is -0.491 e. The van der Waals surface area contributed by atoms with Crippen LogP contribution in [0.4, 0.5) is 0 Å². The first-order valence-electron chi connectivity index (χ1n) is 5.54. The van der Waals surface area contributed by atoms with Crippen molar-refractivity contribution in [2.24, 2.45) is 5.73 Å². The number of hydrogen-bond donors (Lipinski definition) is 1. The summed E-state index contributed by atoms with van der Waals surface area (Å²) in [6.45, 7) is 3.15. The summed E-state index contributed by atoms with van der Waals surface area (Å²) in [5.41, 5.74) is 6.69. The molecule has 2 heterocycles. The van der Waals surface area contributed by atoms with E-state index in [0.29, 0.717) is 13.2 Å². The van der Waals surface area contributed by atoms with Crippen molar-refractivity contribution in [3.05, 3.63) is 22.2 Å². The van der Waals surface area contributed by atoms with Crippen LogP contribution in [0.1, 0.15) is 12.5 Å². The van der Waals surface area contributed by atoms with Crippen molar-refractivity contribution in [1.29, 1.82) is 0 Å². The molecule has 2 aliphatic rings. The number of halogens is 1. The van der Waals surface area contributed by atoms with E-state index in [1.54, 1.807) is 0 Å². The molecule has 0 amide bonds. The SMILES string of the molecule is CC1COc2ccc(Br)c3c2B(OC3)O1.CN. The smallest absolute Gasteiger partial charge is 0.491 e. The molecule has 17 heavy (non-hydrogen) atoms. The zero-order chi connectivity index (χ0) is 12.4. The summed E-state index contributed by atoms with van der Waals surface area (Å²) < 4.78 is 18.1. The maximum Gasteiger partial charge on any atom is 0.498 e. The van der Waals surface area contributed by atoms with E-state index >= 15 is 0 Å². The van der Waals surface area contributed by atoms with Gasteiger partial charge in [-0.3, -0.25) is 0 Å². The van der Waals surface area contributed by atoms with Crippen molar-refractivity contribution in [3.8, 4) is 5.75 Å². The van der Waals surface area contributed by atoms with E-state index in [2.05, 4.69) is 21.7 Å². The van der Waals surface area contributed by atoms with E-state index in [1.165, 1.54) is 7.05 Å². The number of nitrogens with two attached hydrogens (primary N) is 1. The van der Waals surface area contributed by atoms with Crippen LogP contribution in [0, 0.1) is 0 Å². The Hall–Kier alpha value is -0.555. The van der Waals surface area contributed by atoms with Gasteiger partial charge in [-0.1, -0.05) is 15.9 Å². The molecule has 3 rings (SSSR count). The molecule has 92 valence electrons. The Kier molecular flexibility index (Phi) is 4.09. The van der Waals surface area contributed by atoms with E-state index in [-0.39, 0.29) is 13.2 Å². The average molecular weight is 300 g/mol. The van der Waals surface area contributed by atoms with Gasteiger partial charge in [0.1, 0.15) is 12.4 Å². The topological polar surface area (TPSA) is 53.7 Å². The lowest BCUT2D eigenvalue weighted by molar-refractivity contribution is 0.117. The van der Waals surface area contributed by atoms with Gasteiger partial charge in [0.2, 0.25) is 0 Å². The average Bonchev–Trinajstić information content (AvgIpc) is 2.69. The molecule has 1 aromatic carbocycles. The first kappa shape index (κ1) is 12.9. The van der Waals surface area contributed by atoms with Gasteiger partial charge < -0.3 is 19.8 Å². The fraction of sp³-hybridized carbons (Fsp3) is 0.455. The highest BCUT2D eigenvalue weighted by atomic mass is 79.9. The zero-order valence-electron chi connectivity index (χ0n) is 9.90. The molecule has 0 saturated heterocycles. The molecule has 0 radical (unpaired) electrons. The zero-order valence-corrected chi connectivity index (χ0v) is 11.5. The van der Waals surface area contributed by atoms with Gasteiger partial charge in [-0.15, -0.1) is 0 Å². The Balaban J connectivity index is 0.000000514. The molecular weight excluding hydrogens is 285 g/mol. The summed E-state index contributed by atoms with van der Waals surface area (Å²) in [4.78, 5) is 0. The maximum absolute atomic E-state index is 5.73. The molecule has 0 bridgehead atoms. The molecule has 1 aromatic rings. The molecular formula is C11H15BBrNO3. The van der Waals surface area contributed by atoms with Gasteiger partial charge in [0.15, 0.2) is 0 Å². The maximum atomic E-state index is 5.73. The molecule has 0 saturated carbocycles. The van der Waals surface area contributed by atoms with Crippen LogP contribution in [0.25, 0.3) is 0 Å². The first-order valence-corrected chi connectivity index (χ1v) is 6.34. The summed E-state index contributed by atoms with van der Waals surface area (Å²) in [5.74, 6) is 0.889. The summed E-state index contributed by atoms with van der Waals surface area (Å²) in [7, 11) is 1.24. The van der Waals surface area contributed by atoms with Gasteiger partial charge in [-0.05, 0) is 31.7 Å². The molecule has 1 unspecified atom stereocenters. The first-order chi connectivity index (χ1) is 8.25. The molecule has 2 N–H and O–H groups in total. The van der Waals surface area contributed by atoms with Crippen molar-refractivity contribution in [1.82, 2.24) is 0 Å². The largest absolute Gasteiger partial charge is 0.498 e. The Morgan fingerprint density at radius 3 is 2.94 bits per heavy atom. The van der Waals surface area contributed by atoms with E-state index < -0.39 is 0 Å². The van der Waals surface area contributed by atoms with E-state index in [9.17, 15) is 0 Å². The third-order valence-corrected chi connectivity index (χ3v) is 3.45. The lowest BCUT2D eigenvalue weighted by Gasteiger charge is -2.11. The Bertz CT molecular complexity index is 416. The number of benzene rings is 1.